The van der Waals surface area contributed by atoms with Crippen LogP contribution in [0.1, 0.15) is 21.6 Å². The molecule has 0 saturated carbocycles. The number of rotatable bonds is 6. The van der Waals surface area contributed by atoms with Crippen LogP contribution in [0.3, 0.4) is 0 Å². The van der Waals surface area contributed by atoms with E-state index in [4.69, 9.17) is 9.52 Å². The molecular weight excluding hydrogens is 469 g/mol. The van der Waals surface area contributed by atoms with Gasteiger partial charge in [-0.25, -0.2) is 14.0 Å². The van der Waals surface area contributed by atoms with Gasteiger partial charge in [0.15, 0.2) is 0 Å². The van der Waals surface area contributed by atoms with Gasteiger partial charge in [0.1, 0.15) is 11.5 Å². The summed E-state index contributed by atoms with van der Waals surface area (Å²) in [4.78, 5) is 17.6. The number of anilines is 1. The summed E-state index contributed by atoms with van der Waals surface area (Å²) in [7, 11) is -1.15. The number of aromatic nitrogens is 3. The van der Waals surface area contributed by atoms with Crippen LogP contribution in [0.15, 0.2) is 65.8 Å². The molecule has 0 aliphatic rings. The molecule has 0 unspecified atom stereocenters. The van der Waals surface area contributed by atoms with E-state index in [1.54, 1.807) is 56.0 Å². The smallest absolute Gasteiger partial charge is 0.259 e. The third kappa shape index (κ3) is 5.22. The van der Waals surface area contributed by atoms with E-state index in [9.17, 15) is 13.4 Å². The van der Waals surface area contributed by atoms with Crippen LogP contribution in [0, 0.1) is 24.6 Å². The zero-order valence-corrected chi connectivity index (χ0v) is 20.4. The molecule has 0 bridgehead atoms. The molecule has 0 spiro atoms. The van der Waals surface area contributed by atoms with Crippen LogP contribution in [0.2, 0.25) is 0 Å². The van der Waals surface area contributed by atoms with Crippen molar-refractivity contribution in [1.29, 1.82) is 4.78 Å². The minimum atomic E-state index is -2.95. The van der Waals surface area contributed by atoms with Crippen LogP contribution < -0.4 is 10.1 Å². The summed E-state index contributed by atoms with van der Waals surface area (Å²) in [5.74, 6) is -0.505. The second kappa shape index (κ2) is 9.30. The van der Waals surface area contributed by atoms with E-state index >= 15 is 0 Å². The maximum absolute atomic E-state index is 13.5. The molecule has 1 amide bonds. The van der Waals surface area contributed by atoms with E-state index in [0.29, 0.717) is 27.6 Å². The largest absolute Gasteiger partial charge is 0.455 e. The topological polar surface area (TPSA) is 110 Å². The van der Waals surface area contributed by atoms with Crippen LogP contribution in [0.25, 0.3) is 11.1 Å². The SMILES string of the molecule is Cc1nc(F)ccc1Oc1ccc(-c2cnn(C)c2)c(C)c1C(=O)Nc1cccc([S@](C)(=N)=O)c1. The Kier molecular flexibility index (Phi) is 6.40. The molecular formula is C25H24FN5O3S. The number of aryl methyl sites for hydroxylation is 2. The molecule has 0 aliphatic carbocycles. The van der Waals surface area contributed by atoms with E-state index in [1.165, 1.54) is 24.5 Å². The Morgan fingerprint density at radius 1 is 1.14 bits per heavy atom. The number of pyridine rings is 1. The minimum absolute atomic E-state index is 0.264. The average Bonchev–Trinajstić information content (AvgIpc) is 3.21. The quantitative estimate of drug-likeness (QED) is 0.353. The molecule has 0 radical (unpaired) electrons. The third-order valence-electron chi connectivity index (χ3n) is 5.43. The number of carbonyl (C=O) groups excluding carboxylic acids is 1. The van der Waals surface area contributed by atoms with Gasteiger partial charge in [0.25, 0.3) is 5.91 Å². The maximum atomic E-state index is 13.5. The summed E-state index contributed by atoms with van der Waals surface area (Å²) < 4.78 is 41.2. The summed E-state index contributed by atoms with van der Waals surface area (Å²) in [6, 6.07) is 12.5. The van der Waals surface area contributed by atoms with E-state index in [2.05, 4.69) is 15.4 Å². The minimum Gasteiger partial charge on any atom is -0.455 e. The molecule has 0 saturated heterocycles. The van der Waals surface area contributed by atoms with Gasteiger partial charge in [-0.05, 0) is 61.4 Å². The first-order valence-electron chi connectivity index (χ1n) is 10.6. The van der Waals surface area contributed by atoms with Crippen LogP contribution in [-0.2, 0) is 16.8 Å². The highest BCUT2D eigenvalue weighted by atomic mass is 32.2. The van der Waals surface area contributed by atoms with Crippen LogP contribution >= 0.6 is 0 Å². The number of ether oxygens (including phenoxy) is 1. The Morgan fingerprint density at radius 3 is 2.54 bits per heavy atom. The Balaban J connectivity index is 1.79. The van der Waals surface area contributed by atoms with E-state index in [1.807, 2.05) is 12.3 Å². The number of carbonyl (C=O) groups is 1. The third-order valence-corrected chi connectivity index (χ3v) is 6.59. The fourth-order valence-corrected chi connectivity index (χ4v) is 4.37. The molecule has 8 nitrogen and oxygen atoms in total. The molecule has 2 aromatic heterocycles. The highest BCUT2D eigenvalue weighted by Crippen LogP contribution is 2.35. The van der Waals surface area contributed by atoms with Crippen molar-refractivity contribution in [2.45, 2.75) is 18.7 Å². The number of nitrogens with one attached hydrogen (secondary N) is 2. The lowest BCUT2D eigenvalue weighted by Crippen LogP contribution is -2.15. The zero-order chi connectivity index (χ0) is 25.3. The van der Waals surface area contributed by atoms with E-state index < -0.39 is 21.6 Å². The van der Waals surface area contributed by atoms with Crippen molar-refractivity contribution in [1.82, 2.24) is 14.8 Å². The zero-order valence-electron chi connectivity index (χ0n) is 19.6. The van der Waals surface area contributed by atoms with E-state index in [0.717, 1.165) is 11.1 Å². The molecule has 0 aliphatic heterocycles. The lowest BCUT2D eigenvalue weighted by Gasteiger charge is -2.17. The summed E-state index contributed by atoms with van der Waals surface area (Å²) >= 11 is 0. The first kappa shape index (κ1) is 24.1. The summed E-state index contributed by atoms with van der Waals surface area (Å²) in [6.07, 6.45) is 4.86. The fraction of sp³-hybridized carbons (Fsp3) is 0.160. The summed E-state index contributed by atoms with van der Waals surface area (Å²) in [5.41, 5.74) is 3.27. The van der Waals surface area contributed by atoms with Gasteiger partial charge in [-0.1, -0.05) is 12.1 Å². The highest BCUT2D eigenvalue weighted by Gasteiger charge is 2.21. The van der Waals surface area contributed by atoms with Crippen molar-refractivity contribution < 1.29 is 18.1 Å². The predicted molar refractivity (Wildman–Crippen MR) is 132 cm³/mol. The summed E-state index contributed by atoms with van der Waals surface area (Å²) in [5, 5.41) is 7.04. The van der Waals surface area contributed by atoms with Crippen molar-refractivity contribution in [3.63, 3.8) is 0 Å². The van der Waals surface area contributed by atoms with E-state index in [-0.39, 0.29) is 11.3 Å². The number of amides is 1. The maximum Gasteiger partial charge on any atom is 0.259 e. The first-order valence-corrected chi connectivity index (χ1v) is 12.6. The Hall–Kier alpha value is -4.05. The lowest BCUT2D eigenvalue weighted by atomic mass is 9.97. The molecule has 4 rings (SSSR count). The van der Waals surface area contributed by atoms with Crippen molar-refractivity contribution >= 4 is 21.3 Å². The van der Waals surface area contributed by atoms with Gasteiger partial charge >= 0.3 is 0 Å². The standard InChI is InChI=1S/C25H24FN5O3S/c1-15-20(17-13-28-31(3)14-17)8-9-22(34-21-10-11-23(26)29-16(21)2)24(15)25(32)30-18-6-5-7-19(12-18)35(4,27)33/h5-14,27H,1-4H3,(H,30,32)/t35-/m1/s1. The van der Waals surface area contributed by atoms with Gasteiger partial charge in [0.05, 0.1) is 27.2 Å². The molecule has 35 heavy (non-hydrogen) atoms. The molecule has 0 fully saturated rings. The Labute approximate surface area is 202 Å². The average molecular weight is 494 g/mol. The van der Waals surface area contributed by atoms with Gasteiger partial charge in [-0.2, -0.15) is 9.49 Å². The van der Waals surface area contributed by atoms with Gasteiger partial charge in [-0.15, -0.1) is 0 Å². The molecule has 10 heteroatoms. The molecule has 180 valence electrons. The van der Waals surface area contributed by atoms with Gasteiger partial charge in [0.2, 0.25) is 5.95 Å². The monoisotopic (exact) mass is 493 g/mol. The number of hydrogen-bond acceptors (Lipinski definition) is 6. The first-order chi connectivity index (χ1) is 16.5. The van der Waals surface area contributed by atoms with Crippen LogP contribution in [0.4, 0.5) is 10.1 Å². The molecule has 2 N–H and O–H groups in total. The second-order valence-electron chi connectivity index (χ2n) is 8.16. The van der Waals surface area contributed by atoms with Crippen molar-refractivity contribution in [3.05, 3.63) is 83.7 Å². The van der Waals surface area contributed by atoms with Gasteiger partial charge in [0, 0.05) is 35.6 Å². The number of nitrogens with zero attached hydrogens (tertiary/aromatic N) is 3. The van der Waals surface area contributed by atoms with Gasteiger partial charge in [-0.3, -0.25) is 9.48 Å². The van der Waals surface area contributed by atoms with Crippen molar-refractivity contribution in [2.75, 3.05) is 11.6 Å². The Morgan fingerprint density at radius 2 is 1.89 bits per heavy atom. The molecule has 4 aromatic rings. The van der Waals surface area contributed by atoms with Crippen LogP contribution in [-0.4, -0.2) is 31.1 Å². The predicted octanol–water partition coefficient (Wildman–Crippen LogP) is 5.32. The number of hydrogen-bond donors (Lipinski definition) is 2. The second-order valence-corrected chi connectivity index (χ2v) is 10.3. The normalized spacial score (nSPS) is 12.7. The molecule has 2 aromatic carbocycles. The summed E-state index contributed by atoms with van der Waals surface area (Å²) in [6.45, 7) is 3.42. The number of halogens is 1. The molecule has 2 heterocycles. The Bertz CT molecular complexity index is 1550. The molecule has 1 atom stereocenters. The number of benzene rings is 2. The lowest BCUT2D eigenvalue weighted by molar-refractivity contribution is 0.102. The fourth-order valence-electron chi connectivity index (χ4n) is 3.68. The highest BCUT2D eigenvalue weighted by molar-refractivity contribution is 7.91. The van der Waals surface area contributed by atoms with Crippen molar-refractivity contribution in [3.8, 4) is 22.6 Å². The van der Waals surface area contributed by atoms with Crippen LogP contribution in [0.5, 0.6) is 11.5 Å². The van der Waals surface area contributed by atoms with Crippen molar-refractivity contribution in [2.24, 2.45) is 7.05 Å². The van der Waals surface area contributed by atoms with Gasteiger partial charge < -0.3 is 10.1 Å².